The molecular formula is C15H20BrNO2. The number of hydrogen-bond acceptors (Lipinski definition) is 3. The summed E-state index contributed by atoms with van der Waals surface area (Å²) in [6, 6.07) is 4.02. The van der Waals surface area contributed by atoms with Crippen molar-refractivity contribution in [2.24, 2.45) is 0 Å². The first-order valence-electron chi connectivity index (χ1n) is 6.36. The summed E-state index contributed by atoms with van der Waals surface area (Å²) in [6.07, 6.45) is 6.91. The third-order valence-electron chi connectivity index (χ3n) is 2.54. The van der Waals surface area contributed by atoms with Crippen LogP contribution in [0.1, 0.15) is 25.3 Å². The van der Waals surface area contributed by atoms with Crippen molar-refractivity contribution in [3.63, 3.8) is 0 Å². The van der Waals surface area contributed by atoms with E-state index in [4.69, 9.17) is 15.9 Å². The van der Waals surface area contributed by atoms with Crippen molar-refractivity contribution in [2.75, 3.05) is 20.3 Å². The molecule has 0 aromatic heterocycles. The quantitative estimate of drug-likeness (QED) is 0.587. The van der Waals surface area contributed by atoms with Crippen LogP contribution in [0.15, 0.2) is 16.6 Å². The van der Waals surface area contributed by atoms with E-state index < -0.39 is 0 Å². The van der Waals surface area contributed by atoms with Gasteiger partial charge in [0.2, 0.25) is 0 Å². The number of benzene rings is 1. The summed E-state index contributed by atoms with van der Waals surface area (Å²) < 4.78 is 11.9. The Morgan fingerprint density at radius 2 is 2.21 bits per heavy atom. The monoisotopic (exact) mass is 325 g/mol. The highest BCUT2D eigenvalue weighted by atomic mass is 79.9. The summed E-state index contributed by atoms with van der Waals surface area (Å²) in [6.45, 7) is 4.44. The predicted molar refractivity (Wildman–Crippen MR) is 81.6 cm³/mol. The molecule has 0 amide bonds. The van der Waals surface area contributed by atoms with Gasteiger partial charge in [-0.05, 0) is 46.6 Å². The van der Waals surface area contributed by atoms with Gasteiger partial charge in [-0.25, -0.2) is 0 Å². The van der Waals surface area contributed by atoms with E-state index in [9.17, 15) is 0 Å². The number of ether oxygens (including phenoxy) is 2. The standard InChI is InChI=1S/C15H20BrNO2/c1-4-6-8-19-15-13(16)9-12(10-14(15)18-3)11-17-7-5-2/h1,9-10,17H,5-8,11H2,2-3H3. The highest BCUT2D eigenvalue weighted by Gasteiger charge is 2.11. The molecule has 0 heterocycles. The minimum absolute atomic E-state index is 0.485. The van der Waals surface area contributed by atoms with Gasteiger partial charge in [0.05, 0.1) is 18.2 Å². The molecule has 0 bridgehead atoms. The van der Waals surface area contributed by atoms with Crippen LogP contribution < -0.4 is 14.8 Å². The summed E-state index contributed by atoms with van der Waals surface area (Å²) in [7, 11) is 1.64. The van der Waals surface area contributed by atoms with Crippen LogP contribution in [0.25, 0.3) is 0 Å². The zero-order valence-electron chi connectivity index (χ0n) is 11.5. The summed E-state index contributed by atoms with van der Waals surface area (Å²) in [5.74, 6) is 3.98. The second kappa shape index (κ2) is 8.84. The molecule has 19 heavy (non-hydrogen) atoms. The van der Waals surface area contributed by atoms with Gasteiger partial charge in [-0.3, -0.25) is 0 Å². The van der Waals surface area contributed by atoms with Crippen LogP contribution in [0, 0.1) is 12.3 Å². The van der Waals surface area contributed by atoms with E-state index in [1.54, 1.807) is 7.11 Å². The number of halogens is 1. The first kappa shape index (κ1) is 15.9. The summed E-state index contributed by atoms with van der Waals surface area (Å²) in [5, 5.41) is 3.36. The molecule has 1 N–H and O–H groups in total. The first-order valence-corrected chi connectivity index (χ1v) is 7.15. The van der Waals surface area contributed by atoms with E-state index in [1.165, 1.54) is 0 Å². The molecule has 0 radical (unpaired) electrons. The lowest BCUT2D eigenvalue weighted by atomic mass is 10.2. The molecule has 1 rings (SSSR count). The fourth-order valence-corrected chi connectivity index (χ4v) is 2.24. The Morgan fingerprint density at radius 1 is 1.42 bits per heavy atom. The Morgan fingerprint density at radius 3 is 2.84 bits per heavy atom. The van der Waals surface area contributed by atoms with E-state index in [0.29, 0.717) is 18.8 Å². The van der Waals surface area contributed by atoms with Gasteiger partial charge in [-0.1, -0.05) is 6.92 Å². The normalized spacial score (nSPS) is 10.0. The molecule has 0 saturated heterocycles. The van der Waals surface area contributed by atoms with Gasteiger partial charge in [0.1, 0.15) is 0 Å². The van der Waals surface area contributed by atoms with Crippen molar-refractivity contribution < 1.29 is 9.47 Å². The van der Waals surface area contributed by atoms with Gasteiger partial charge in [0.25, 0.3) is 0 Å². The van der Waals surface area contributed by atoms with Gasteiger partial charge < -0.3 is 14.8 Å². The maximum absolute atomic E-state index is 5.65. The highest BCUT2D eigenvalue weighted by molar-refractivity contribution is 9.10. The molecule has 0 fully saturated rings. The third-order valence-corrected chi connectivity index (χ3v) is 3.13. The molecule has 104 valence electrons. The van der Waals surface area contributed by atoms with Crippen LogP contribution in [0.3, 0.4) is 0 Å². The van der Waals surface area contributed by atoms with Crippen LogP contribution in [0.5, 0.6) is 11.5 Å². The number of rotatable bonds is 8. The second-order valence-electron chi connectivity index (χ2n) is 4.09. The summed E-state index contributed by atoms with van der Waals surface area (Å²) in [4.78, 5) is 0. The van der Waals surface area contributed by atoms with Crippen LogP contribution in [-0.2, 0) is 6.54 Å². The van der Waals surface area contributed by atoms with Crippen molar-refractivity contribution in [3.8, 4) is 23.8 Å². The first-order chi connectivity index (χ1) is 9.22. The van der Waals surface area contributed by atoms with Crippen molar-refractivity contribution in [3.05, 3.63) is 22.2 Å². The lowest BCUT2D eigenvalue weighted by Crippen LogP contribution is -2.14. The maximum Gasteiger partial charge on any atom is 0.175 e. The predicted octanol–water partition coefficient (Wildman–Crippen LogP) is 3.36. The lowest BCUT2D eigenvalue weighted by Gasteiger charge is -2.14. The van der Waals surface area contributed by atoms with E-state index in [1.807, 2.05) is 12.1 Å². The molecule has 3 nitrogen and oxygen atoms in total. The average Bonchev–Trinajstić information content (AvgIpc) is 2.41. The average molecular weight is 326 g/mol. The smallest absolute Gasteiger partial charge is 0.175 e. The van der Waals surface area contributed by atoms with Crippen molar-refractivity contribution in [1.29, 1.82) is 0 Å². The molecule has 0 spiro atoms. The van der Waals surface area contributed by atoms with Gasteiger partial charge >= 0.3 is 0 Å². The Bertz CT molecular complexity index is 441. The number of nitrogens with one attached hydrogen (secondary N) is 1. The SMILES string of the molecule is C#CCCOc1c(Br)cc(CNCCC)cc1OC. The Balaban J connectivity index is 2.79. The van der Waals surface area contributed by atoms with E-state index in [-0.39, 0.29) is 0 Å². The molecular weight excluding hydrogens is 306 g/mol. The minimum atomic E-state index is 0.485. The van der Waals surface area contributed by atoms with Crippen LogP contribution in [0.4, 0.5) is 0 Å². The van der Waals surface area contributed by atoms with Crippen LogP contribution >= 0.6 is 15.9 Å². The van der Waals surface area contributed by atoms with Crippen LogP contribution in [0.2, 0.25) is 0 Å². The zero-order valence-corrected chi connectivity index (χ0v) is 13.0. The molecule has 0 saturated carbocycles. The number of methoxy groups -OCH3 is 1. The fourth-order valence-electron chi connectivity index (χ4n) is 1.64. The topological polar surface area (TPSA) is 30.5 Å². The van der Waals surface area contributed by atoms with Gasteiger partial charge in [0.15, 0.2) is 11.5 Å². The lowest BCUT2D eigenvalue weighted by molar-refractivity contribution is 0.299. The molecule has 0 atom stereocenters. The molecule has 0 aliphatic rings. The number of hydrogen-bond donors (Lipinski definition) is 1. The van der Waals surface area contributed by atoms with Gasteiger partial charge in [-0.2, -0.15) is 0 Å². The Labute approximate surface area is 123 Å². The molecule has 1 aromatic carbocycles. The fraction of sp³-hybridized carbons (Fsp3) is 0.467. The molecule has 0 unspecified atom stereocenters. The van der Waals surface area contributed by atoms with Crippen molar-refractivity contribution in [2.45, 2.75) is 26.3 Å². The zero-order chi connectivity index (χ0) is 14.1. The van der Waals surface area contributed by atoms with E-state index >= 15 is 0 Å². The molecule has 1 aromatic rings. The van der Waals surface area contributed by atoms with Gasteiger partial charge in [0, 0.05) is 13.0 Å². The minimum Gasteiger partial charge on any atom is -0.493 e. The summed E-state index contributed by atoms with van der Waals surface area (Å²) in [5.41, 5.74) is 1.15. The van der Waals surface area contributed by atoms with Crippen molar-refractivity contribution in [1.82, 2.24) is 5.32 Å². The van der Waals surface area contributed by atoms with Crippen molar-refractivity contribution >= 4 is 15.9 Å². The second-order valence-corrected chi connectivity index (χ2v) is 4.94. The number of terminal acetylenes is 1. The Hall–Kier alpha value is -1.18. The highest BCUT2D eigenvalue weighted by Crippen LogP contribution is 2.36. The molecule has 4 heteroatoms. The largest absolute Gasteiger partial charge is 0.493 e. The van der Waals surface area contributed by atoms with Gasteiger partial charge in [-0.15, -0.1) is 12.3 Å². The molecule has 0 aliphatic carbocycles. The van der Waals surface area contributed by atoms with E-state index in [2.05, 4.69) is 34.1 Å². The summed E-state index contributed by atoms with van der Waals surface area (Å²) >= 11 is 3.52. The maximum atomic E-state index is 5.65. The van der Waals surface area contributed by atoms with Crippen LogP contribution in [-0.4, -0.2) is 20.3 Å². The third kappa shape index (κ3) is 5.14. The Kier molecular flexibility index (Phi) is 7.39. The van der Waals surface area contributed by atoms with E-state index in [0.717, 1.165) is 35.3 Å². The molecule has 0 aliphatic heterocycles.